The van der Waals surface area contributed by atoms with Crippen LogP contribution in [0, 0.1) is 0 Å². The summed E-state index contributed by atoms with van der Waals surface area (Å²) in [5.74, 6) is 2.18. The number of methoxy groups -OCH3 is 1. The molecule has 0 N–H and O–H groups in total. The molecular formula is C15H25NO4S. The predicted octanol–water partition coefficient (Wildman–Crippen LogP) is 1.30. The highest BCUT2D eigenvalue weighted by molar-refractivity contribution is 7.99. The Bertz CT molecular complexity index is 373. The number of carbonyl (C=O) groups is 1. The second-order valence-electron chi connectivity index (χ2n) is 6.25. The third kappa shape index (κ3) is 3.73. The van der Waals surface area contributed by atoms with Crippen molar-refractivity contribution in [1.82, 2.24) is 4.90 Å². The Balaban J connectivity index is 1.56. The van der Waals surface area contributed by atoms with E-state index in [-0.39, 0.29) is 17.7 Å². The molecule has 21 heavy (non-hydrogen) atoms. The van der Waals surface area contributed by atoms with Gasteiger partial charge in [0.15, 0.2) is 0 Å². The molecule has 3 fully saturated rings. The van der Waals surface area contributed by atoms with Gasteiger partial charge < -0.3 is 14.2 Å². The summed E-state index contributed by atoms with van der Waals surface area (Å²) >= 11 is 2.01. The summed E-state index contributed by atoms with van der Waals surface area (Å²) in [5, 5.41) is 0. The fourth-order valence-electron chi connectivity index (χ4n) is 3.64. The number of hydrogen-bond donors (Lipinski definition) is 0. The molecule has 0 bridgehead atoms. The average molecular weight is 315 g/mol. The zero-order valence-corrected chi connectivity index (χ0v) is 13.5. The normalized spacial score (nSPS) is 37.8. The molecule has 0 aromatic rings. The van der Waals surface area contributed by atoms with Gasteiger partial charge in [0.05, 0.1) is 31.8 Å². The summed E-state index contributed by atoms with van der Waals surface area (Å²) in [4.78, 5) is 13.9. The minimum absolute atomic E-state index is 0.0250. The van der Waals surface area contributed by atoms with Crippen LogP contribution in [0.15, 0.2) is 0 Å². The molecule has 3 rings (SSSR count). The molecule has 5 nitrogen and oxygen atoms in total. The van der Waals surface area contributed by atoms with Crippen LogP contribution in [0.2, 0.25) is 0 Å². The summed E-state index contributed by atoms with van der Waals surface area (Å²) in [6, 6.07) is 0.571. The zero-order chi connectivity index (χ0) is 14.7. The van der Waals surface area contributed by atoms with E-state index in [2.05, 4.69) is 4.90 Å². The van der Waals surface area contributed by atoms with Gasteiger partial charge in [-0.25, -0.2) is 0 Å². The summed E-state index contributed by atoms with van der Waals surface area (Å²) in [6.07, 6.45) is 3.74. The Hall–Kier alpha value is -0.300. The first-order valence-corrected chi connectivity index (χ1v) is 9.00. The van der Waals surface area contributed by atoms with Crippen molar-refractivity contribution < 1.29 is 19.0 Å². The molecule has 120 valence electrons. The van der Waals surface area contributed by atoms with E-state index in [1.807, 2.05) is 11.8 Å². The molecule has 0 aliphatic carbocycles. The predicted molar refractivity (Wildman–Crippen MR) is 81.6 cm³/mol. The Labute approximate surface area is 130 Å². The minimum Gasteiger partial charge on any atom is -0.469 e. The molecule has 3 heterocycles. The highest BCUT2D eigenvalue weighted by Crippen LogP contribution is 2.39. The number of ether oxygens (including phenoxy) is 3. The minimum atomic E-state index is -0.183. The van der Waals surface area contributed by atoms with Gasteiger partial charge in [-0.3, -0.25) is 9.69 Å². The number of nitrogens with zero attached hydrogens (tertiary/aromatic N) is 1. The van der Waals surface area contributed by atoms with Gasteiger partial charge in [0.1, 0.15) is 0 Å². The maximum absolute atomic E-state index is 11.4. The summed E-state index contributed by atoms with van der Waals surface area (Å²) < 4.78 is 16.6. The number of carbonyl (C=O) groups excluding carboxylic acids is 1. The van der Waals surface area contributed by atoms with Crippen molar-refractivity contribution in [2.75, 3.05) is 44.9 Å². The molecular weight excluding hydrogens is 290 g/mol. The zero-order valence-electron chi connectivity index (χ0n) is 12.7. The fourth-order valence-corrected chi connectivity index (χ4v) is 5.02. The molecule has 0 aromatic heterocycles. The van der Waals surface area contributed by atoms with Gasteiger partial charge in [0, 0.05) is 31.5 Å². The summed E-state index contributed by atoms with van der Waals surface area (Å²) in [7, 11) is 1.43. The maximum atomic E-state index is 11.4. The van der Waals surface area contributed by atoms with E-state index in [9.17, 15) is 4.79 Å². The molecule has 3 aliphatic rings. The number of esters is 1. The quantitative estimate of drug-likeness (QED) is 0.732. The van der Waals surface area contributed by atoms with Crippen LogP contribution in [0.4, 0.5) is 0 Å². The molecule has 6 heteroatoms. The standard InChI is InChI=1S/C15H25NO4S/c1-18-14(17)8-13-10-16(4-6-19-13)12-2-5-20-15(9-12)3-7-21-11-15/h12-13H,2-11H2,1H3. The van der Waals surface area contributed by atoms with Gasteiger partial charge in [-0.05, 0) is 25.0 Å². The van der Waals surface area contributed by atoms with Crippen LogP contribution in [0.25, 0.3) is 0 Å². The SMILES string of the molecule is COC(=O)CC1CN(C2CCOC3(CCSC3)C2)CCO1. The third-order valence-corrected chi connectivity index (χ3v) is 6.07. The number of morpholine rings is 1. The van der Waals surface area contributed by atoms with Crippen LogP contribution < -0.4 is 0 Å². The molecule has 1 spiro atoms. The first-order chi connectivity index (χ1) is 10.2. The van der Waals surface area contributed by atoms with Crippen molar-refractivity contribution in [2.24, 2.45) is 0 Å². The molecule has 0 radical (unpaired) electrons. The first kappa shape index (κ1) is 15.6. The van der Waals surface area contributed by atoms with E-state index < -0.39 is 0 Å². The van der Waals surface area contributed by atoms with Crippen LogP contribution in [0.1, 0.15) is 25.7 Å². The summed E-state index contributed by atoms with van der Waals surface area (Å²) in [5.41, 5.74) is 0.115. The molecule has 3 unspecified atom stereocenters. The molecule has 0 aromatic carbocycles. The van der Waals surface area contributed by atoms with E-state index >= 15 is 0 Å². The van der Waals surface area contributed by atoms with Crippen molar-refractivity contribution >= 4 is 17.7 Å². The van der Waals surface area contributed by atoms with Gasteiger partial charge in [-0.1, -0.05) is 0 Å². The van der Waals surface area contributed by atoms with Crippen molar-refractivity contribution in [3.63, 3.8) is 0 Å². The van der Waals surface area contributed by atoms with E-state index in [1.165, 1.54) is 19.3 Å². The number of hydrogen-bond acceptors (Lipinski definition) is 6. The van der Waals surface area contributed by atoms with Gasteiger partial charge in [-0.2, -0.15) is 11.8 Å². The average Bonchev–Trinajstić information content (AvgIpc) is 2.95. The van der Waals surface area contributed by atoms with E-state index in [0.29, 0.717) is 19.1 Å². The van der Waals surface area contributed by atoms with Crippen LogP contribution in [-0.4, -0.2) is 73.5 Å². The van der Waals surface area contributed by atoms with Gasteiger partial charge in [0.25, 0.3) is 0 Å². The van der Waals surface area contributed by atoms with Crippen molar-refractivity contribution in [3.05, 3.63) is 0 Å². The Morgan fingerprint density at radius 3 is 3.14 bits per heavy atom. The van der Waals surface area contributed by atoms with Crippen LogP contribution in [-0.2, 0) is 19.0 Å². The van der Waals surface area contributed by atoms with Crippen molar-refractivity contribution in [3.8, 4) is 0 Å². The lowest BCUT2D eigenvalue weighted by Gasteiger charge is -2.45. The third-order valence-electron chi connectivity index (χ3n) is 4.84. The molecule has 3 saturated heterocycles. The Kier molecular flexibility index (Phi) is 5.09. The topological polar surface area (TPSA) is 48.0 Å². The second-order valence-corrected chi connectivity index (χ2v) is 7.35. The van der Waals surface area contributed by atoms with E-state index in [4.69, 9.17) is 14.2 Å². The lowest BCUT2D eigenvalue weighted by molar-refractivity contribution is -0.148. The second kappa shape index (κ2) is 6.86. The van der Waals surface area contributed by atoms with Crippen LogP contribution in [0.5, 0.6) is 0 Å². The van der Waals surface area contributed by atoms with Crippen LogP contribution in [0.3, 0.4) is 0 Å². The number of thioether (sulfide) groups is 1. The van der Waals surface area contributed by atoms with Gasteiger partial charge in [-0.15, -0.1) is 0 Å². The van der Waals surface area contributed by atoms with Crippen LogP contribution >= 0.6 is 11.8 Å². The van der Waals surface area contributed by atoms with Gasteiger partial charge in [0.2, 0.25) is 0 Å². The Morgan fingerprint density at radius 1 is 1.48 bits per heavy atom. The van der Waals surface area contributed by atoms with Crippen molar-refractivity contribution in [2.45, 2.75) is 43.4 Å². The highest BCUT2D eigenvalue weighted by atomic mass is 32.2. The summed E-state index contributed by atoms with van der Waals surface area (Å²) in [6.45, 7) is 3.37. The number of rotatable bonds is 3. The highest BCUT2D eigenvalue weighted by Gasteiger charge is 2.42. The smallest absolute Gasteiger partial charge is 0.308 e. The lowest BCUT2D eigenvalue weighted by atomic mass is 9.88. The largest absolute Gasteiger partial charge is 0.469 e. The molecule has 0 amide bonds. The molecule has 3 aliphatic heterocycles. The monoisotopic (exact) mass is 315 g/mol. The lowest BCUT2D eigenvalue weighted by Crippen LogP contribution is -2.54. The van der Waals surface area contributed by atoms with E-state index in [0.717, 1.165) is 38.3 Å². The first-order valence-electron chi connectivity index (χ1n) is 7.85. The molecule has 0 saturated carbocycles. The fraction of sp³-hybridized carbons (Fsp3) is 0.933. The Morgan fingerprint density at radius 2 is 2.38 bits per heavy atom. The maximum Gasteiger partial charge on any atom is 0.308 e. The van der Waals surface area contributed by atoms with Crippen molar-refractivity contribution in [1.29, 1.82) is 0 Å². The van der Waals surface area contributed by atoms with Gasteiger partial charge >= 0.3 is 5.97 Å². The van der Waals surface area contributed by atoms with E-state index in [1.54, 1.807) is 0 Å². The molecule has 3 atom stereocenters.